The molecule has 3 heteroatoms. The number of fused-ring (bicyclic) bond motifs is 1. The minimum Gasteiger partial charge on any atom is -0.381 e. The van der Waals surface area contributed by atoms with E-state index in [4.69, 9.17) is 0 Å². The van der Waals surface area contributed by atoms with E-state index in [9.17, 15) is 0 Å². The maximum absolute atomic E-state index is 3.73. The fraction of sp³-hybridized carbons (Fsp3) is 0.571. The van der Waals surface area contributed by atoms with Gasteiger partial charge in [-0.3, -0.25) is 4.90 Å². The molecule has 2 aliphatic rings. The van der Waals surface area contributed by atoms with Gasteiger partial charge in [-0.2, -0.15) is 0 Å². The second-order valence-corrected chi connectivity index (χ2v) is 6.39. The molecule has 0 saturated carbocycles. The number of nitrogens with zero attached hydrogens (tertiary/aromatic N) is 1. The molecule has 17 heavy (non-hydrogen) atoms. The summed E-state index contributed by atoms with van der Waals surface area (Å²) in [5.74, 6) is 0. The quantitative estimate of drug-likeness (QED) is 0.830. The van der Waals surface area contributed by atoms with Crippen LogP contribution in [0.25, 0.3) is 0 Å². The van der Waals surface area contributed by atoms with E-state index in [-0.39, 0.29) is 0 Å². The molecular formula is C14H19IN2. The summed E-state index contributed by atoms with van der Waals surface area (Å²) in [4.78, 5) is 2.68. The molecular weight excluding hydrogens is 323 g/mol. The zero-order valence-corrected chi connectivity index (χ0v) is 12.2. The molecule has 92 valence electrons. The summed E-state index contributed by atoms with van der Waals surface area (Å²) in [7, 11) is 0. The second kappa shape index (κ2) is 5.14. The largest absolute Gasteiger partial charge is 0.381 e. The minimum absolute atomic E-state index is 0.661. The van der Waals surface area contributed by atoms with Gasteiger partial charge in [-0.15, -0.1) is 0 Å². The number of nitrogens with one attached hydrogen (secondary N) is 1. The molecule has 1 aromatic rings. The summed E-state index contributed by atoms with van der Waals surface area (Å²) in [6.07, 6.45) is 5.48. The van der Waals surface area contributed by atoms with Crippen LogP contribution < -0.4 is 5.32 Å². The number of hydrogen-bond donors (Lipinski definition) is 1. The number of rotatable bonds is 2. The van der Waals surface area contributed by atoms with E-state index in [0.29, 0.717) is 6.04 Å². The summed E-state index contributed by atoms with van der Waals surface area (Å²) >= 11 is 2.38. The summed E-state index contributed by atoms with van der Waals surface area (Å²) < 4.78 is 1.31. The van der Waals surface area contributed by atoms with Crippen LogP contribution in [0.4, 0.5) is 5.69 Å². The van der Waals surface area contributed by atoms with Crippen LogP contribution >= 0.6 is 22.6 Å². The van der Waals surface area contributed by atoms with Crippen molar-refractivity contribution in [1.82, 2.24) is 4.90 Å². The molecule has 0 radical (unpaired) electrons. The van der Waals surface area contributed by atoms with Crippen LogP contribution in [0.2, 0.25) is 0 Å². The molecule has 0 amide bonds. The molecule has 0 spiro atoms. The van der Waals surface area contributed by atoms with E-state index in [1.807, 2.05) is 0 Å². The van der Waals surface area contributed by atoms with Crippen molar-refractivity contribution in [3.05, 3.63) is 27.8 Å². The first-order chi connectivity index (χ1) is 8.33. The third-order valence-corrected chi connectivity index (χ3v) is 4.70. The van der Waals surface area contributed by atoms with E-state index in [1.165, 1.54) is 48.0 Å². The Hall–Kier alpha value is -0.290. The monoisotopic (exact) mass is 342 g/mol. The van der Waals surface area contributed by atoms with Gasteiger partial charge in [0.25, 0.3) is 0 Å². The predicted octanol–water partition coefficient (Wildman–Crippen LogP) is 3.33. The van der Waals surface area contributed by atoms with Crippen LogP contribution in [-0.4, -0.2) is 30.1 Å². The van der Waals surface area contributed by atoms with Crippen molar-refractivity contribution in [2.45, 2.75) is 37.8 Å². The summed E-state index contributed by atoms with van der Waals surface area (Å²) in [6, 6.07) is 10.2. The highest BCUT2D eigenvalue weighted by molar-refractivity contribution is 14.1. The zero-order valence-electron chi connectivity index (χ0n) is 10.0. The van der Waals surface area contributed by atoms with Gasteiger partial charge in [0.15, 0.2) is 0 Å². The molecule has 2 atom stereocenters. The normalized spacial score (nSPS) is 29.0. The van der Waals surface area contributed by atoms with Crippen molar-refractivity contribution >= 4 is 28.3 Å². The van der Waals surface area contributed by atoms with Crippen LogP contribution in [0.5, 0.6) is 0 Å². The summed E-state index contributed by atoms with van der Waals surface area (Å²) in [6.45, 7) is 2.60. The lowest BCUT2D eigenvalue weighted by Crippen LogP contribution is -2.41. The zero-order chi connectivity index (χ0) is 11.7. The fourth-order valence-corrected chi connectivity index (χ4v) is 3.75. The predicted molar refractivity (Wildman–Crippen MR) is 80.4 cm³/mol. The lowest BCUT2D eigenvalue weighted by Gasteiger charge is -2.33. The third kappa shape index (κ3) is 2.60. The Kier molecular flexibility index (Phi) is 3.56. The highest BCUT2D eigenvalue weighted by Gasteiger charge is 2.35. The van der Waals surface area contributed by atoms with Gasteiger partial charge >= 0.3 is 0 Å². The van der Waals surface area contributed by atoms with E-state index in [2.05, 4.69) is 57.1 Å². The highest BCUT2D eigenvalue weighted by Crippen LogP contribution is 2.29. The Labute approximate surface area is 117 Å². The first kappa shape index (κ1) is 11.8. The third-order valence-electron chi connectivity index (χ3n) is 4.03. The highest BCUT2D eigenvalue weighted by atomic mass is 127. The Morgan fingerprint density at radius 3 is 3.00 bits per heavy atom. The SMILES string of the molecule is Ic1cccc(NC2CCN3CCCCC23)c1. The van der Waals surface area contributed by atoms with Crippen molar-refractivity contribution < 1.29 is 0 Å². The maximum atomic E-state index is 3.73. The van der Waals surface area contributed by atoms with E-state index >= 15 is 0 Å². The van der Waals surface area contributed by atoms with Crippen LogP contribution in [-0.2, 0) is 0 Å². The Morgan fingerprint density at radius 2 is 2.12 bits per heavy atom. The smallest absolute Gasteiger partial charge is 0.0429 e. The molecule has 2 heterocycles. The number of halogens is 1. The Bertz CT molecular complexity index is 394. The van der Waals surface area contributed by atoms with Gasteiger partial charge in [0.05, 0.1) is 0 Å². The van der Waals surface area contributed by atoms with Crippen LogP contribution in [0.3, 0.4) is 0 Å². The molecule has 0 aromatic heterocycles. The average Bonchev–Trinajstić information content (AvgIpc) is 2.73. The molecule has 1 aromatic carbocycles. The molecule has 0 aliphatic carbocycles. The Balaban J connectivity index is 1.69. The van der Waals surface area contributed by atoms with Gasteiger partial charge in [-0.05, 0) is 66.6 Å². The first-order valence-electron chi connectivity index (χ1n) is 6.59. The van der Waals surface area contributed by atoms with Gasteiger partial charge in [-0.25, -0.2) is 0 Å². The fourth-order valence-electron chi connectivity index (χ4n) is 3.21. The van der Waals surface area contributed by atoms with Crippen molar-refractivity contribution in [3.8, 4) is 0 Å². The van der Waals surface area contributed by atoms with Gasteiger partial charge in [0, 0.05) is 27.9 Å². The van der Waals surface area contributed by atoms with Crippen molar-refractivity contribution in [2.75, 3.05) is 18.4 Å². The van der Waals surface area contributed by atoms with Crippen molar-refractivity contribution in [2.24, 2.45) is 0 Å². The van der Waals surface area contributed by atoms with Gasteiger partial charge in [0.1, 0.15) is 0 Å². The molecule has 1 N–H and O–H groups in total. The second-order valence-electron chi connectivity index (χ2n) is 5.15. The standard InChI is InChI=1S/C14H19IN2/c15-11-4-3-5-12(10-11)16-13-7-9-17-8-2-1-6-14(13)17/h3-5,10,13-14,16H,1-2,6-9H2. The molecule has 2 nitrogen and oxygen atoms in total. The lowest BCUT2D eigenvalue weighted by atomic mass is 9.99. The Morgan fingerprint density at radius 1 is 1.18 bits per heavy atom. The van der Waals surface area contributed by atoms with Gasteiger partial charge in [-0.1, -0.05) is 12.5 Å². The molecule has 2 unspecified atom stereocenters. The molecule has 2 aliphatic heterocycles. The number of hydrogen-bond acceptors (Lipinski definition) is 2. The topological polar surface area (TPSA) is 15.3 Å². The summed E-state index contributed by atoms with van der Waals surface area (Å²) in [5.41, 5.74) is 1.29. The van der Waals surface area contributed by atoms with Gasteiger partial charge < -0.3 is 5.32 Å². The first-order valence-corrected chi connectivity index (χ1v) is 7.67. The van der Waals surface area contributed by atoms with E-state index in [0.717, 1.165) is 6.04 Å². The van der Waals surface area contributed by atoms with Crippen LogP contribution in [0.15, 0.2) is 24.3 Å². The average molecular weight is 342 g/mol. The van der Waals surface area contributed by atoms with Crippen LogP contribution in [0.1, 0.15) is 25.7 Å². The van der Waals surface area contributed by atoms with Crippen LogP contribution in [0, 0.1) is 3.57 Å². The van der Waals surface area contributed by atoms with E-state index in [1.54, 1.807) is 0 Å². The van der Waals surface area contributed by atoms with E-state index < -0.39 is 0 Å². The summed E-state index contributed by atoms with van der Waals surface area (Å²) in [5, 5.41) is 3.73. The van der Waals surface area contributed by atoms with Gasteiger partial charge in [0.2, 0.25) is 0 Å². The minimum atomic E-state index is 0.661. The van der Waals surface area contributed by atoms with Crippen molar-refractivity contribution in [3.63, 3.8) is 0 Å². The molecule has 0 bridgehead atoms. The molecule has 3 rings (SSSR count). The number of piperidine rings is 1. The number of anilines is 1. The molecule has 2 saturated heterocycles. The maximum Gasteiger partial charge on any atom is 0.0429 e. The lowest BCUT2D eigenvalue weighted by molar-refractivity contribution is 0.193. The number of benzene rings is 1. The van der Waals surface area contributed by atoms with Crippen molar-refractivity contribution in [1.29, 1.82) is 0 Å². The molecule has 2 fully saturated rings.